The number of hydrogen-bond donors (Lipinski definition) is 0. The number of pyridine rings is 2. The van der Waals surface area contributed by atoms with Gasteiger partial charge in [-0.3, -0.25) is 4.57 Å². The van der Waals surface area contributed by atoms with E-state index in [2.05, 4.69) is 142 Å². The summed E-state index contributed by atoms with van der Waals surface area (Å²) in [5.41, 5.74) is 8.31. The first kappa shape index (κ1) is 21.5. The van der Waals surface area contributed by atoms with Crippen molar-refractivity contribution < 1.29 is 0 Å². The Kier molecular flexibility index (Phi) is 4.33. The molecule has 0 unspecified atom stereocenters. The average Bonchev–Trinajstić information content (AvgIpc) is 3.58. The fourth-order valence-corrected chi connectivity index (χ4v) is 6.61. The number of rotatable bonds is 2. The second-order valence-electron chi connectivity index (χ2n) is 10.4. The van der Waals surface area contributed by atoms with Crippen LogP contribution in [-0.4, -0.2) is 14.0 Å². The van der Waals surface area contributed by atoms with Crippen LogP contribution in [0.3, 0.4) is 0 Å². The number of para-hydroxylation sites is 2. The molecule has 0 aliphatic heterocycles. The van der Waals surface area contributed by atoms with E-state index in [-0.39, 0.29) is 0 Å². The maximum absolute atomic E-state index is 4.94. The van der Waals surface area contributed by atoms with Crippen molar-refractivity contribution in [1.29, 1.82) is 0 Å². The molecule has 0 saturated carbocycles. The van der Waals surface area contributed by atoms with E-state index < -0.39 is 0 Å². The highest BCUT2D eigenvalue weighted by Gasteiger charge is 2.20. The van der Waals surface area contributed by atoms with Crippen LogP contribution in [0.15, 0.2) is 140 Å². The van der Waals surface area contributed by atoms with Gasteiger partial charge in [-0.05, 0) is 46.8 Å². The molecule has 0 radical (unpaired) electrons. The van der Waals surface area contributed by atoms with Crippen LogP contribution < -0.4 is 0 Å². The molecule has 9 aromatic rings. The van der Waals surface area contributed by atoms with Crippen molar-refractivity contribution in [2.75, 3.05) is 0 Å². The second-order valence-corrected chi connectivity index (χ2v) is 10.4. The highest BCUT2D eigenvalue weighted by molar-refractivity contribution is 6.22. The van der Waals surface area contributed by atoms with Gasteiger partial charge in [-0.15, -0.1) is 0 Å². The standard InChI is InChI=1S/C37H23N3/c1-2-10-24(11-3-1)25-20-21-38-35(23-25)40-33-17-9-7-15-30(33)31-19-18-26-22-34-29-14-5-4-12-27(29)28-13-6-8-16-32(28)39(34)36(26)37(31)40/h1-23H. The molecule has 0 aliphatic carbocycles. The van der Waals surface area contributed by atoms with Crippen molar-refractivity contribution in [3.8, 4) is 16.9 Å². The molecule has 5 aromatic carbocycles. The van der Waals surface area contributed by atoms with Gasteiger partial charge in [0, 0.05) is 33.1 Å². The van der Waals surface area contributed by atoms with Gasteiger partial charge < -0.3 is 4.40 Å². The summed E-state index contributed by atoms with van der Waals surface area (Å²) in [6, 6.07) is 47.9. The largest absolute Gasteiger partial charge is 0.307 e. The minimum Gasteiger partial charge on any atom is -0.307 e. The quantitative estimate of drug-likeness (QED) is 0.213. The molecule has 0 aliphatic rings. The van der Waals surface area contributed by atoms with Crippen LogP contribution in [0.2, 0.25) is 0 Å². The third kappa shape index (κ3) is 2.86. The monoisotopic (exact) mass is 509 g/mol. The number of benzene rings is 5. The molecule has 0 N–H and O–H groups in total. The van der Waals surface area contributed by atoms with E-state index in [1.165, 1.54) is 59.9 Å². The third-order valence-electron chi connectivity index (χ3n) is 8.32. The van der Waals surface area contributed by atoms with E-state index in [9.17, 15) is 0 Å². The number of hydrogen-bond acceptors (Lipinski definition) is 1. The lowest BCUT2D eigenvalue weighted by atomic mass is 10.1. The molecule has 0 saturated heterocycles. The summed E-state index contributed by atoms with van der Waals surface area (Å²) in [5.74, 6) is 0.917. The summed E-state index contributed by atoms with van der Waals surface area (Å²) >= 11 is 0. The predicted molar refractivity (Wildman–Crippen MR) is 167 cm³/mol. The van der Waals surface area contributed by atoms with Crippen LogP contribution in [0.5, 0.6) is 0 Å². The molecule has 9 rings (SSSR count). The molecule has 0 atom stereocenters. The normalized spacial score (nSPS) is 12.0. The van der Waals surface area contributed by atoms with Crippen molar-refractivity contribution in [3.63, 3.8) is 0 Å². The Bertz CT molecular complexity index is 2430. The highest BCUT2D eigenvalue weighted by atomic mass is 15.1. The van der Waals surface area contributed by atoms with Gasteiger partial charge in [0.2, 0.25) is 0 Å². The summed E-state index contributed by atoms with van der Waals surface area (Å²) < 4.78 is 4.82. The van der Waals surface area contributed by atoms with E-state index in [0.29, 0.717) is 0 Å². The first-order valence-corrected chi connectivity index (χ1v) is 13.7. The highest BCUT2D eigenvalue weighted by Crippen LogP contribution is 2.41. The third-order valence-corrected chi connectivity index (χ3v) is 8.32. The lowest BCUT2D eigenvalue weighted by Crippen LogP contribution is -1.99. The lowest BCUT2D eigenvalue weighted by Gasteiger charge is -2.13. The van der Waals surface area contributed by atoms with Gasteiger partial charge in [-0.2, -0.15) is 0 Å². The molecule has 0 fully saturated rings. The van der Waals surface area contributed by atoms with Crippen LogP contribution in [0.25, 0.3) is 76.8 Å². The molecule has 186 valence electrons. The van der Waals surface area contributed by atoms with E-state index in [1.807, 2.05) is 6.20 Å². The first-order chi connectivity index (χ1) is 19.9. The van der Waals surface area contributed by atoms with Crippen LogP contribution in [0.1, 0.15) is 0 Å². The van der Waals surface area contributed by atoms with E-state index in [0.717, 1.165) is 16.9 Å². The number of aromatic nitrogens is 3. The molecule has 0 bridgehead atoms. The Hall–Kier alpha value is -5.41. The Labute approximate surface area is 230 Å². The zero-order valence-electron chi connectivity index (χ0n) is 21.6. The summed E-state index contributed by atoms with van der Waals surface area (Å²) in [6.45, 7) is 0. The predicted octanol–water partition coefficient (Wildman–Crippen LogP) is 9.56. The summed E-state index contributed by atoms with van der Waals surface area (Å²) in [4.78, 5) is 4.94. The Morgan fingerprint density at radius 3 is 1.88 bits per heavy atom. The Morgan fingerprint density at radius 1 is 0.425 bits per heavy atom. The van der Waals surface area contributed by atoms with Gasteiger partial charge in [0.05, 0.1) is 27.6 Å². The molecule has 4 heterocycles. The van der Waals surface area contributed by atoms with Gasteiger partial charge in [0.1, 0.15) is 5.82 Å². The molecule has 0 spiro atoms. The SMILES string of the molecule is c1ccc(-c2ccnc(-n3c4ccccc4c4ccc5cc6c7ccccc7c7ccccc7n6c5c43)c2)cc1. The van der Waals surface area contributed by atoms with Crippen molar-refractivity contribution in [2.24, 2.45) is 0 Å². The fourth-order valence-electron chi connectivity index (χ4n) is 6.61. The van der Waals surface area contributed by atoms with Gasteiger partial charge in [0.15, 0.2) is 0 Å². The van der Waals surface area contributed by atoms with Crippen molar-refractivity contribution in [1.82, 2.24) is 14.0 Å². The molecule has 40 heavy (non-hydrogen) atoms. The topological polar surface area (TPSA) is 22.2 Å². The van der Waals surface area contributed by atoms with Crippen molar-refractivity contribution in [3.05, 3.63) is 140 Å². The van der Waals surface area contributed by atoms with Crippen LogP contribution >= 0.6 is 0 Å². The van der Waals surface area contributed by atoms with Crippen LogP contribution in [0.4, 0.5) is 0 Å². The van der Waals surface area contributed by atoms with Gasteiger partial charge in [-0.25, -0.2) is 4.98 Å². The number of nitrogens with zero attached hydrogens (tertiary/aromatic N) is 3. The maximum Gasteiger partial charge on any atom is 0.138 e. The van der Waals surface area contributed by atoms with Gasteiger partial charge >= 0.3 is 0 Å². The summed E-state index contributed by atoms with van der Waals surface area (Å²) in [7, 11) is 0. The minimum absolute atomic E-state index is 0.917. The van der Waals surface area contributed by atoms with Gasteiger partial charge in [-0.1, -0.05) is 103 Å². The molecular weight excluding hydrogens is 486 g/mol. The zero-order valence-corrected chi connectivity index (χ0v) is 21.6. The van der Waals surface area contributed by atoms with E-state index >= 15 is 0 Å². The summed E-state index contributed by atoms with van der Waals surface area (Å²) in [5, 5.41) is 7.47. The van der Waals surface area contributed by atoms with E-state index in [4.69, 9.17) is 4.98 Å². The number of fused-ring (bicyclic) bond motifs is 12. The average molecular weight is 510 g/mol. The zero-order chi connectivity index (χ0) is 26.2. The second kappa shape index (κ2) is 8.05. The van der Waals surface area contributed by atoms with Gasteiger partial charge in [0.25, 0.3) is 0 Å². The molecule has 3 nitrogen and oxygen atoms in total. The van der Waals surface area contributed by atoms with Crippen molar-refractivity contribution in [2.45, 2.75) is 0 Å². The molecular formula is C37H23N3. The first-order valence-electron chi connectivity index (χ1n) is 13.7. The van der Waals surface area contributed by atoms with Crippen molar-refractivity contribution >= 4 is 59.9 Å². The van der Waals surface area contributed by atoms with Crippen LogP contribution in [-0.2, 0) is 0 Å². The van der Waals surface area contributed by atoms with E-state index in [1.54, 1.807) is 0 Å². The molecule has 3 heteroatoms. The lowest BCUT2D eigenvalue weighted by molar-refractivity contribution is 1.08. The maximum atomic E-state index is 4.94. The summed E-state index contributed by atoms with van der Waals surface area (Å²) in [6.07, 6.45) is 1.93. The molecule has 0 amide bonds. The fraction of sp³-hybridized carbons (Fsp3) is 0. The Morgan fingerprint density at radius 2 is 1.07 bits per heavy atom. The Balaban J connectivity index is 1.51. The minimum atomic E-state index is 0.917. The van der Waals surface area contributed by atoms with Crippen LogP contribution in [0, 0.1) is 0 Å². The smallest absolute Gasteiger partial charge is 0.138 e. The molecule has 4 aromatic heterocycles.